The van der Waals surface area contributed by atoms with Crippen molar-refractivity contribution in [1.29, 1.82) is 5.26 Å². The molecule has 1 nitrogen and oxygen atoms in total. The molecule has 0 bridgehead atoms. The van der Waals surface area contributed by atoms with Gasteiger partial charge in [-0.2, -0.15) is 31.6 Å². The zero-order valence-electron chi connectivity index (χ0n) is 11.1. The van der Waals surface area contributed by atoms with Gasteiger partial charge in [-0.05, 0) is 36.4 Å². The van der Waals surface area contributed by atoms with Crippen LogP contribution in [0.25, 0.3) is 11.1 Å². The molecule has 8 heteroatoms. The van der Waals surface area contributed by atoms with Crippen molar-refractivity contribution in [2.45, 2.75) is 12.4 Å². The first kappa shape index (κ1) is 16.8. The second kappa shape index (κ2) is 5.57. The van der Waals surface area contributed by atoms with Gasteiger partial charge < -0.3 is 0 Å². The summed E-state index contributed by atoms with van der Waals surface area (Å²) in [5.41, 5.74) is -4.05. The molecule has 0 unspecified atom stereocenters. The number of nitrogens with zero attached hydrogens (tertiary/aromatic N) is 1. The van der Waals surface area contributed by atoms with E-state index in [2.05, 4.69) is 0 Å². The zero-order valence-corrected chi connectivity index (χ0v) is 11.1. The minimum absolute atomic E-state index is 0.365. The Morgan fingerprint density at radius 1 is 0.739 bits per heavy atom. The fourth-order valence-electron chi connectivity index (χ4n) is 1.95. The normalized spacial score (nSPS) is 12.1. The van der Waals surface area contributed by atoms with Gasteiger partial charge in [-0.3, -0.25) is 0 Å². The van der Waals surface area contributed by atoms with Gasteiger partial charge in [0.15, 0.2) is 0 Å². The Hall–Kier alpha value is -2.56. The van der Waals surface area contributed by atoms with Gasteiger partial charge in [0.1, 0.15) is 5.82 Å². The van der Waals surface area contributed by atoms with Crippen molar-refractivity contribution in [2.24, 2.45) is 0 Å². The SMILES string of the molecule is N#Cc1ccc(C(F)(F)F)cc1-c1cc(C(F)(F)F)ccc1F. The molecule has 0 saturated carbocycles. The summed E-state index contributed by atoms with van der Waals surface area (Å²) in [5.74, 6) is -1.16. The summed E-state index contributed by atoms with van der Waals surface area (Å²) in [7, 11) is 0. The largest absolute Gasteiger partial charge is 0.416 e. The average Bonchev–Trinajstić information content (AvgIpc) is 2.45. The van der Waals surface area contributed by atoms with Crippen LogP contribution in [-0.2, 0) is 12.4 Å². The van der Waals surface area contributed by atoms with Crippen molar-refractivity contribution in [1.82, 2.24) is 0 Å². The molecule has 0 aliphatic rings. The van der Waals surface area contributed by atoms with Crippen molar-refractivity contribution in [2.75, 3.05) is 0 Å². The number of alkyl halides is 6. The third-order valence-corrected chi connectivity index (χ3v) is 3.05. The highest BCUT2D eigenvalue weighted by Gasteiger charge is 2.33. The summed E-state index contributed by atoms with van der Waals surface area (Å²) in [5, 5.41) is 8.92. The van der Waals surface area contributed by atoms with Gasteiger partial charge in [0.05, 0.1) is 22.8 Å². The Bertz CT molecular complexity index is 782. The number of hydrogen-bond donors (Lipinski definition) is 0. The monoisotopic (exact) mass is 333 g/mol. The lowest BCUT2D eigenvalue weighted by Crippen LogP contribution is -2.07. The molecule has 0 fully saturated rings. The molecule has 2 aromatic rings. The van der Waals surface area contributed by atoms with Crippen LogP contribution in [0.3, 0.4) is 0 Å². The van der Waals surface area contributed by atoms with Crippen molar-refractivity contribution < 1.29 is 30.7 Å². The van der Waals surface area contributed by atoms with Crippen molar-refractivity contribution >= 4 is 0 Å². The van der Waals surface area contributed by atoms with Crippen LogP contribution in [0.15, 0.2) is 36.4 Å². The van der Waals surface area contributed by atoms with Crippen LogP contribution in [-0.4, -0.2) is 0 Å². The minimum Gasteiger partial charge on any atom is -0.206 e. The van der Waals surface area contributed by atoms with E-state index in [4.69, 9.17) is 5.26 Å². The van der Waals surface area contributed by atoms with E-state index in [0.717, 1.165) is 6.07 Å². The van der Waals surface area contributed by atoms with Crippen LogP contribution >= 0.6 is 0 Å². The quantitative estimate of drug-likeness (QED) is 0.641. The predicted molar refractivity (Wildman–Crippen MR) is 66.6 cm³/mol. The molecule has 0 spiro atoms. The Labute approximate surface area is 125 Å². The first-order chi connectivity index (χ1) is 10.5. The number of hydrogen-bond acceptors (Lipinski definition) is 1. The van der Waals surface area contributed by atoms with Crippen LogP contribution in [0.2, 0.25) is 0 Å². The summed E-state index contributed by atoms with van der Waals surface area (Å²) >= 11 is 0. The molecule has 120 valence electrons. The maximum Gasteiger partial charge on any atom is 0.416 e. The van der Waals surface area contributed by atoms with Gasteiger partial charge in [-0.1, -0.05) is 0 Å². The lowest BCUT2D eigenvalue weighted by Gasteiger charge is -2.13. The minimum atomic E-state index is -4.79. The van der Waals surface area contributed by atoms with E-state index >= 15 is 0 Å². The van der Waals surface area contributed by atoms with Gasteiger partial charge in [-0.15, -0.1) is 0 Å². The molecular formula is C15H6F7N. The molecule has 2 rings (SSSR count). The number of rotatable bonds is 1. The third kappa shape index (κ3) is 3.44. The zero-order chi connectivity index (χ0) is 17.4. The topological polar surface area (TPSA) is 23.8 Å². The summed E-state index contributed by atoms with van der Waals surface area (Å²) in [6, 6.07) is 4.74. The van der Waals surface area contributed by atoms with Gasteiger partial charge in [-0.25, -0.2) is 4.39 Å². The second-order valence-corrected chi connectivity index (χ2v) is 4.56. The molecule has 0 amide bonds. The molecule has 0 aliphatic heterocycles. The van der Waals surface area contributed by atoms with Gasteiger partial charge in [0.25, 0.3) is 0 Å². The van der Waals surface area contributed by atoms with E-state index in [1.54, 1.807) is 6.07 Å². The Balaban J connectivity index is 2.73. The van der Waals surface area contributed by atoms with E-state index in [9.17, 15) is 30.7 Å². The van der Waals surface area contributed by atoms with Gasteiger partial charge in [0, 0.05) is 11.1 Å². The molecule has 23 heavy (non-hydrogen) atoms. The first-order valence-electron chi connectivity index (χ1n) is 6.02. The number of nitriles is 1. The molecule has 0 N–H and O–H groups in total. The highest BCUT2D eigenvalue weighted by molar-refractivity contribution is 5.72. The lowest BCUT2D eigenvalue weighted by atomic mass is 9.95. The van der Waals surface area contributed by atoms with Gasteiger partial charge >= 0.3 is 12.4 Å². The lowest BCUT2D eigenvalue weighted by molar-refractivity contribution is -0.138. The van der Waals surface area contributed by atoms with Crippen molar-refractivity contribution in [3.05, 3.63) is 58.9 Å². The maximum absolute atomic E-state index is 13.8. The Morgan fingerprint density at radius 3 is 1.70 bits per heavy atom. The van der Waals surface area contributed by atoms with E-state index < -0.39 is 40.4 Å². The van der Waals surface area contributed by atoms with Crippen LogP contribution in [0, 0.1) is 17.1 Å². The van der Waals surface area contributed by atoms with Crippen molar-refractivity contribution in [3.63, 3.8) is 0 Å². The van der Waals surface area contributed by atoms with Crippen LogP contribution in [0.5, 0.6) is 0 Å². The standard InChI is InChI=1S/C15H6F7N/c16-13-4-3-10(15(20,21)22)6-12(13)11-5-9(14(17,18)19)2-1-8(11)7-23/h1-6H. The van der Waals surface area contributed by atoms with E-state index in [0.29, 0.717) is 30.3 Å². The summed E-state index contributed by atoms with van der Waals surface area (Å²) in [6.45, 7) is 0. The summed E-state index contributed by atoms with van der Waals surface area (Å²) < 4.78 is 90.1. The Kier molecular flexibility index (Phi) is 4.07. The van der Waals surface area contributed by atoms with Crippen LogP contribution in [0.4, 0.5) is 30.7 Å². The average molecular weight is 333 g/mol. The molecule has 0 heterocycles. The van der Waals surface area contributed by atoms with E-state index in [-0.39, 0.29) is 5.56 Å². The maximum atomic E-state index is 13.8. The molecule has 0 atom stereocenters. The van der Waals surface area contributed by atoms with E-state index in [1.165, 1.54) is 0 Å². The molecular weight excluding hydrogens is 327 g/mol. The number of halogens is 7. The Morgan fingerprint density at radius 2 is 1.22 bits per heavy atom. The molecule has 2 aromatic carbocycles. The fraction of sp³-hybridized carbons (Fsp3) is 0.133. The highest BCUT2D eigenvalue weighted by atomic mass is 19.4. The smallest absolute Gasteiger partial charge is 0.206 e. The molecule has 0 saturated heterocycles. The van der Waals surface area contributed by atoms with Crippen LogP contribution < -0.4 is 0 Å². The molecule has 0 aliphatic carbocycles. The molecule has 0 aromatic heterocycles. The summed E-state index contributed by atoms with van der Waals surface area (Å²) in [4.78, 5) is 0. The highest BCUT2D eigenvalue weighted by Crippen LogP contribution is 2.37. The fourth-order valence-corrected chi connectivity index (χ4v) is 1.95. The number of benzene rings is 2. The van der Waals surface area contributed by atoms with Crippen molar-refractivity contribution in [3.8, 4) is 17.2 Å². The summed E-state index contributed by atoms with van der Waals surface area (Å²) in [6.07, 6.45) is -9.57. The third-order valence-electron chi connectivity index (χ3n) is 3.05. The first-order valence-corrected chi connectivity index (χ1v) is 6.02. The predicted octanol–water partition coefficient (Wildman–Crippen LogP) is 5.40. The van der Waals surface area contributed by atoms with Gasteiger partial charge in [0.2, 0.25) is 0 Å². The second-order valence-electron chi connectivity index (χ2n) is 4.56. The van der Waals surface area contributed by atoms with E-state index in [1.807, 2.05) is 0 Å². The van der Waals surface area contributed by atoms with Crippen LogP contribution in [0.1, 0.15) is 16.7 Å². The molecule has 0 radical (unpaired) electrons.